The molecule has 0 aliphatic heterocycles. The summed E-state index contributed by atoms with van der Waals surface area (Å²) >= 11 is 0. The largest absolute Gasteiger partial charge is 0.347 e. The van der Waals surface area contributed by atoms with Crippen LogP contribution >= 0.6 is 0 Å². The number of carbonyl (C=O) groups excluding carboxylic acids is 1. The van der Waals surface area contributed by atoms with Gasteiger partial charge in [-0.1, -0.05) is 62.3 Å². The van der Waals surface area contributed by atoms with Gasteiger partial charge in [0.05, 0.1) is 11.1 Å². The fourth-order valence-corrected chi connectivity index (χ4v) is 2.84. The van der Waals surface area contributed by atoms with Crippen LogP contribution in [0.2, 0.25) is 0 Å². The summed E-state index contributed by atoms with van der Waals surface area (Å²) in [7, 11) is 0. The molecule has 0 saturated heterocycles. The fraction of sp³-hybridized carbons (Fsp3) is 0.348. The molecule has 1 N–H and O–H groups in total. The molecular formula is C23H27N3O2. The molecule has 5 nitrogen and oxygen atoms in total. The van der Waals surface area contributed by atoms with Gasteiger partial charge in [-0.15, -0.1) is 0 Å². The van der Waals surface area contributed by atoms with Crippen molar-refractivity contribution < 1.29 is 9.32 Å². The minimum absolute atomic E-state index is 0.0836. The van der Waals surface area contributed by atoms with E-state index in [1.54, 1.807) is 6.07 Å². The van der Waals surface area contributed by atoms with Gasteiger partial charge < -0.3 is 9.84 Å². The van der Waals surface area contributed by atoms with E-state index in [0.29, 0.717) is 22.8 Å². The highest BCUT2D eigenvalue weighted by Gasteiger charge is 2.21. The lowest BCUT2D eigenvalue weighted by Crippen LogP contribution is -2.40. The highest BCUT2D eigenvalue weighted by molar-refractivity contribution is 6.00. The molecule has 0 unspecified atom stereocenters. The second-order valence-electron chi connectivity index (χ2n) is 9.00. The van der Waals surface area contributed by atoms with Crippen molar-refractivity contribution in [1.29, 1.82) is 0 Å². The van der Waals surface area contributed by atoms with Gasteiger partial charge in [0, 0.05) is 11.1 Å². The predicted molar refractivity (Wildman–Crippen MR) is 111 cm³/mol. The predicted octanol–water partition coefficient (Wildman–Crippen LogP) is 5.23. The normalized spacial score (nSPS) is 12.1. The van der Waals surface area contributed by atoms with Crippen LogP contribution in [0.15, 0.2) is 53.1 Å². The van der Waals surface area contributed by atoms with Gasteiger partial charge in [-0.05, 0) is 43.9 Å². The van der Waals surface area contributed by atoms with E-state index in [1.165, 1.54) is 5.56 Å². The molecule has 0 bridgehead atoms. The Bertz CT molecular complexity index is 974. The Labute approximate surface area is 166 Å². The average Bonchev–Trinajstić information content (AvgIpc) is 3.09. The van der Waals surface area contributed by atoms with Crippen molar-refractivity contribution in [2.75, 3.05) is 0 Å². The molecule has 28 heavy (non-hydrogen) atoms. The highest BCUT2D eigenvalue weighted by Crippen LogP contribution is 2.28. The fourth-order valence-electron chi connectivity index (χ4n) is 2.84. The van der Waals surface area contributed by atoms with Crippen LogP contribution in [0, 0.1) is 0 Å². The number of benzene rings is 2. The summed E-state index contributed by atoms with van der Waals surface area (Å²) in [6.07, 6.45) is 0. The molecule has 2 aromatic carbocycles. The Kier molecular flexibility index (Phi) is 5.11. The number of hydrogen-bond acceptors (Lipinski definition) is 4. The van der Waals surface area contributed by atoms with Gasteiger partial charge in [0.1, 0.15) is 0 Å². The molecule has 0 atom stereocenters. The summed E-state index contributed by atoms with van der Waals surface area (Å²) in [6, 6.07) is 15.4. The number of amides is 1. The van der Waals surface area contributed by atoms with Crippen LogP contribution in [0.25, 0.3) is 22.8 Å². The molecule has 3 rings (SSSR count). The molecule has 1 aromatic heterocycles. The van der Waals surface area contributed by atoms with Crippen molar-refractivity contribution in [2.24, 2.45) is 0 Å². The number of nitrogens with one attached hydrogen (secondary N) is 1. The topological polar surface area (TPSA) is 68.0 Å². The standard InChI is InChI=1S/C23H27N3O2/c1-22(2,3)16-13-11-15(12-14-16)19-24-21(28-26-19)18-10-8-7-9-17(18)20(27)25-23(4,5)6/h7-14H,1-6H3,(H,25,27). The van der Waals surface area contributed by atoms with Crippen molar-refractivity contribution >= 4 is 5.91 Å². The van der Waals surface area contributed by atoms with Crippen LogP contribution in [0.3, 0.4) is 0 Å². The van der Waals surface area contributed by atoms with Gasteiger partial charge >= 0.3 is 0 Å². The van der Waals surface area contributed by atoms with E-state index >= 15 is 0 Å². The lowest BCUT2D eigenvalue weighted by atomic mass is 9.87. The van der Waals surface area contributed by atoms with Gasteiger partial charge in [0.25, 0.3) is 11.8 Å². The molecule has 5 heteroatoms. The molecule has 146 valence electrons. The first kappa shape index (κ1) is 19.8. The van der Waals surface area contributed by atoms with Crippen molar-refractivity contribution in [3.63, 3.8) is 0 Å². The van der Waals surface area contributed by atoms with E-state index in [9.17, 15) is 4.79 Å². The number of aromatic nitrogens is 2. The maximum atomic E-state index is 12.7. The van der Waals surface area contributed by atoms with E-state index in [4.69, 9.17) is 4.52 Å². The molecule has 1 heterocycles. The van der Waals surface area contributed by atoms with E-state index in [0.717, 1.165) is 5.56 Å². The minimum Gasteiger partial charge on any atom is -0.347 e. The first-order valence-corrected chi connectivity index (χ1v) is 9.41. The zero-order chi connectivity index (χ0) is 20.5. The van der Waals surface area contributed by atoms with E-state index in [-0.39, 0.29) is 16.9 Å². The quantitative estimate of drug-likeness (QED) is 0.679. The molecular weight excluding hydrogens is 350 g/mol. The third kappa shape index (κ3) is 4.47. The summed E-state index contributed by atoms with van der Waals surface area (Å²) in [4.78, 5) is 17.2. The molecule has 0 saturated carbocycles. The van der Waals surface area contributed by atoms with Gasteiger partial charge in [-0.2, -0.15) is 4.98 Å². The van der Waals surface area contributed by atoms with E-state index < -0.39 is 0 Å². The Morgan fingerprint density at radius 1 is 0.929 bits per heavy atom. The Hall–Kier alpha value is -2.95. The van der Waals surface area contributed by atoms with Crippen LogP contribution in [-0.2, 0) is 5.41 Å². The molecule has 0 fully saturated rings. The van der Waals surface area contributed by atoms with Gasteiger partial charge in [-0.25, -0.2) is 0 Å². The van der Waals surface area contributed by atoms with Crippen molar-refractivity contribution in [2.45, 2.75) is 52.5 Å². The van der Waals surface area contributed by atoms with Crippen LogP contribution in [-0.4, -0.2) is 21.6 Å². The Balaban J connectivity index is 1.92. The SMILES string of the molecule is CC(C)(C)NC(=O)c1ccccc1-c1nc(-c2ccc(C(C)(C)C)cc2)no1. The highest BCUT2D eigenvalue weighted by atomic mass is 16.5. The number of nitrogens with zero attached hydrogens (tertiary/aromatic N) is 2. The maximum Gasteiger partial charge on any atom is 0.259 e. The minimum atomic E-state index is -0.334. The second kappa shape index (κ2) is 7.23. The van der Waals surface area contributed by atoms with Crippen molar-refractivity contribution in [1.82, 2.24) is 15.5 Å². The summed E-state index contributed by atoms with van der Waals surface area (Å²) < 4.78 is 5.48. The smallest absolute Gasteiger partial charge is 0.259 e. The monoisotopic (exact) mass is 377 g/mol. The van der Waals surface area contributed by atoms with E-state index in [2.05, 4.69) is 48.4 Å². The molecule has 3 aromatic rings. The number of rotatable bonds is 3. The maximum absolute atomic E-state index is 12.7. The summed E-state index contributed by atoms with van der Waals surface area (Å²) in [6.45, 7) is 12.4. The first-order valence-electron chi connectivity index (χ1n) is 9.41. The zero-order valence-electron chi connectivity index (χ0n) is 17.3. The third-order valence-corrected chi connectivity index (χ3v) is 4.33. The third-order valence-electron chi connectivity index (χ3n) is 4.33. The van der Waals surface area contributed by atoms with Crippen molar-refractivity contribution in [3.05, 3.63) is 59.7 Å². The molecule has 0 spiro atoms. The molecule has 0 aliphatic carbocycles. The lowest BCUT2D eigenvalue weighted by molar-refractivity contribution is 0.0920. The average molecular weight is 377 g/mol. The summed E-state index contributed by atoms with van der Waals surface area (Å²) in [5.41, 5.74) is 2.99. The van der Waals surface area contributed by atoms with Crippen molar-refractivity contribution in [3.8, 4) is 22.8 Å². The zero-order valence-corrected chi connectivity index (χ0v) is 17.3. The summed E-state index contributed by atoms with van der Waals surface area (Å²) in [5, 5.41) is 7.09. The Morgan fingerprint density at radius 3 is 2.18 bits per heavy atom. The van der Waals surface area contributed by atoms with Gasteiger partial charge in [0.15, 0.2) is 0 Å². The first-order chi connectivity index (χ1) is 13.0. The molecule has 1 amide bonds. The van der Waals surface area contributed by atoms with Crippen LogP contribution < -0.4 is 5.32 Å². The van der Waals surface area contributed by atoms with E-state index in [1.807, 2.05) is 51.1 Å². The number of carbonyl (C=O) groups is 1. The van der Waals surface area contributed by atoms with Crippen LogP contribution in [0.1, 0.15) is 57.5 Å². The second-order valence-corrected chi connectivity index (χ2v) is 9.00. The molecule has 0 radical (unpaired) electrons. The van der Waals surface area contributed by atoms with Gasteiger partial charge in [-0.3, -0.25) is 4.79 Å². The van der Waals surface area contributed by atoms with Gasteiger partial charge in [0.2, 0.25) is 5.82 Å². The molecule has 0 aliphatic rings. The van der Waals surface area contributed by atoms with Crippen LogP contribution in [0.5, 0.6) is 0 Å². The van der Waals surface area contributed by atoms with Crippen LogP contribution in [0.4, 0.5) is 0 Å². The summed E-state index contributed by atoms with van der Waals surface area (Å²) in [5.74, 6) is 0.661. The number of hydrogen-bond donors (Lipinski definition) is 1. The lowest BCUT2D eigenvalue weighted by Gasteiger charge is -2.21. The Morgan fingerprint density at radius 2 is 1.57 bits per heavy atom.